The Bertz CT molecular complexity index is 411. The molecule has 1 aromatic rings. The number of anilines is 1. The lowest BCUT2D eigenvalue weighted by Gasteiger charge is -2.36. The van der Waals surface area contributed by atoms with Crippen molar-refractivity contribution in [1.29, 1.82) is 0 Å². The van der Waals surface area contributed by atoms with Crippen LogP contribution in [0.2, 0.25) is 5.02 Å². The molecule has 1 aliphatic heterocycles. The van der Waals surface area contributed by atoms with E-state index < -0.39 is 0 Å². The third-order valence-corrected chi connectivity index (χ3v) is 3.21. The van der Waals surface area contributed by atoms with Gasteiger partial charge in [0.05, 0.1) is 30.9 Å². The van der Waals surface area contributed by atoms with Gasteiger partial charge >= 0.3 is 0 Å². The lowest BCUT2D eigenvalue weighted by Crippen LogP contribution is -2.47. The van der Waals surface area contributed by atoms with Gasteiger partial charge in [0.15, 0.2) is 6.29 Å². The number of rotatable bonds is 3. The number of nitrogens with zero attached hydrogens (tertiary/aromatic N) is 1. The van der Waals surface area contributed by atoms with Crippen molar-refractivity contribution >= 4 is 23.6 Å². The molecule has 0 bridgehead atoms. The topological polar surface area (TPSA) is 49.8 Å². The minimum Gasteiger partial charge on any atom is -0.394 e. The summed E-state index contributed by atoms with van der Waals surface area (Å²) in [5.41, 5.74) is 1.38. The molecule has 5 heteroatoms. The zero-order valence-electron chi connectivity index (χ0n) is 9.30. The second-order valence-corrected chi connectivity index (χ2v) is 4.34. The van der Waals surface area contributed by atoms with Crippen LogP contribution >= 0.6 is 11.6 Å². The van der Waals surface area contributed by atoms with E-state index in [0.29, 0.717) is 30.3 Å². The van der Waals surface area contributed by atoms with Gasteiger partial charge in [-0.3, -0.25) is 4.79 Å². The molecule has 0 aromatic heterocycles. The third kappa shape index (κ3) is 2.60. The Morgan fingerprint density at radius 2 is 2.41 bits per heavy atom. The van der Waals surface area contributed by atoms with E-state index in [9.17, 15) is 9.90 Å². The Morgan fingerprint density at radius 3 is 3.06 bits per heavy atom. The fourth-order valence-corrected chi connectivity index (χ4v) is 2.16. The fourth-order valence-electron chi connectivity index (χ4n) is 1.94. The van der Waals surface area contributed by atoms with Crippen LogP contribution in [0.4, 0.5) is 5.69 Å². The smallest absolute Gasteiger partial charge is 0.151 e. The maximum absolute atomic E-state index is 10.7. The number of ether oxygens (including phenoxy) is 1. The number of aldehydes is 1. The summed E-state index contributed by atoms with van der Waals surface area (Å²) in [6.07, 6.45) is 0.731. The number of halogens is 1. The molecule has 1 aliphatic rings. The van der Waals surface area contributed by atoms with Gasteiger partial charge in [-0.05, 0) is 18.2 Å². The lowest BCUT2D eigenvalue weighted by atomic mass is 10.1. The molecule has 0 radical (unpaired) electrons. The van der Waals surface area contributed by atoms with Gasteiger partial charge in [-0.2, -0.15) is 0 Å². The van der Waals surface area contributed by atoms with Gasteiger partial charge < -0.3 is 14.7 Å². The molecule has 1 N–H and O–H groups in total. The Morgan fingerprint density at radius 1 is 1.59 bits per heavy atom. The number of benzene rings is 1. The quantitative estimate of drug-likeness (QED) is 0.829. The van der Waals surface area contributed by atoms with Crippen LogP contribution < -0.4 is 4.90 Å². The molecule has 0 aliphatic carbocycles. The predicted octanol–water partition coefficient (Wildman–Crippen LogP) is 1.35. The van der Waals surface area contributed by atoms with E-state index in [2.05, 4.69) is 0 Å². The number of morpholine rings is 1. The number of carbonyl (C=O) groups excluding carboxylic acids is 1. The number of hydrogen-bond acceptors (Lipinski definition) is 4. The van der Waals surface area contributed by atoms with Crippen LogP contribution in [-0.2, 0) is 4.74 Å². The predicted molar refractivity (Wildman–Crippen MR) is 65.9 cm³/mol. The number of aliphatic hydroxyl groups excluding tert-OH is 1. The van der Waals surface area contributed by atoms with Gasteiger partial charge in [-0.1, -0.05) is 11.6 Å². The molecule has 17 heavy (non-hydrogen) atoms. The van der Waals surface area contributed by atoms with Crippen LogP contribution in [0.1, 0.15) is 10.4 Å². The van der Waals surface area contributed by atoms with Crippen molar-refractivity contribution in [2.75, 3.05) is 31.3 Å². The first-order chi connectivity index (χ1) is 8.26. The Labute approximate surface area is 105 Å². The van der Waals surface area contributed by atoms with E-state index in [-0.39, 0.29) is 12.6 Å². The molecule has 1 fully saturated rings. The fraction of sp³-hybridized carbons (Fsp3) is 0.417. The highest BCUT2D eigenvalue weighted by Crippen LogP contribution is 2.25. The molecule has 1 saturated heterocycles. The van der Waals surface area contributed by atoms with E-state index in [1.807, 2.05) is 11.0 Å². The van der Waals surface area contributed by atoms with Crippen molar-refractivity contribution in [3.05, 3.63) is 28.8 Å². The van der Waals surface area contributed by atoms with Gasteiger partial charge in [-0.15, -0.1) is 0 Å². The number of aliphatic hydroxyl groups is 1. The molecule has 2 rings (SSSR count). The van der Waals surface area contributed by atoms with Crippen LogP contribution in [-0.4, -0.2) is 43.8 Å². The van der Waals surface area contributed by atoms with Crippen LogP contribution in [0.5, 0.6) is 0 Å². The van der Waals surface area contributed by atoms with E-state index in [1.165, 1.54) is 0 Å². The monoisotopic (exact) mass is 255 g/mol. The van der Waals surface area contributed by atoms with Crippen molar-refractivity contribution in [2.24, 2.45) is 0 Å². The third-order valence-electron chi connectivity index (χ3n) is 2.88. The second kappa shape index (κ2) is 5.49. The van der Waals surface area contributed by atoms with Crippen LogP contribution in [0.15, 0.2) is 18.2 Å². The molecule has 1 heterocycles. The molecule has 1 atom stereocenters. The van der Waals surface area contributed by atoms with Gasteiger partial charge in [0, 0.05) is 17.8 Å². The van der Waals surface area contributed by atoms with Crippen LogP contribution in [0, 0.1) is 0 Å². The summed E-state index contributed by atoms with van der Waals surface area (Å²) >= 11 is 5.99. The van der Waals surface area contributed by atoms with E-state index in [0.717, 1.165) is 12.0 Å². The lowest BCUT2D eigenvalue weighted by molar-refractivity contribution is 0.0727. The van der Waals surface area contributed by atoms with Crippen LogP contribution in [0.3, 0.4) is 0 Å². The normalized spacial score (nSPS) is 20.4. The van der Waals surface area contributed by atoms with Crippen molar-refractivity contribution in [1.82, 2.24) is 0 Å². The molecule has 1 aromatic carbocycles. The van der Waals surface area contributed by atoms with Crippen LogP contribution in [0.25, 0.3) is 0 Å². The molecule has 1 unspecified atom stereocenters. The first kappa shape index (κ1) is 12.4. The summed E-state index contributed by atoms with van der Waals surface area (Å²) in [7, 11) is 0. The maximum Gasteiger partial charge on any atom is 0.151 e. The van der Waals surface area contributed by atoms with Gasteiger partial charge in [-0.25, -0.2) is 0 Å². The molecule has 4 nitrogen and oxygen atoms in total. The molecular formula is C12H14ClNO3. The highest BCUT2D eigenvalue weighted by atomic mass is 35.5. The summed E-state index contributed by atoms with van der Waals surface area (Å²) in [5.74, 6) is 0. The van der Waals surface area contributed by atoms with E-state index >= 15 is 0 Å². The first-order valence-corrected chi connectivity index (χ1v) is 5.84. The van der Waals surface area contributed by atoms with Gasteiger partial charge in [0.25, 0.3) is 0 Å². The standard InChI is InChI=1S/C12H14ClNO3/c13-12-5-10(2-1-9(12)6-15)14-3-4-17-8-11(14)7-16/h1-2,5-6,11,16H,3-4,7-8H2. The minimum absolute atomic E-state index is 0.0348. The number of carbonyl (C=O) groups is 1. The van der Waals surface area contributed by atoms with Crippen molar-refractivity contribution in [3.8, 4) is 0 Å². The molecular weight excluding hydrogens is 242 g/mol. The summed E-state index contributed by atoms with van der Waals surface area (Å²) in [6, 6.07) is 5.22. The first-order valence-electron chi connectivity index (χ1n) is 5.46. The zero-order chi connectivity index (χ0) is 12.3. The summed E-state index contributed by atoms with van der Waals surface area (Å²) in [5, 5.41) is 9.71. The molecule has 92 valence electrons. The highest BCUT2D eigenvalue weighted by molar-refractivity contribution is 6.33. The Hall–Kier alpha value is -1.10. The van der Waals surface area contributed by atoms with E-state index in [4.69, 9.17) is 16.3 Å². The van der Waals surface area contributed by atoms with Gasteiger partial charge in [0.2, 0.25) is 0 Å². The Balaban J connectivity index is 2.25. The molecule has 0 saturated carbocycles. The van der Waals surface area contributed by atoms with Crippen molar-refractivity contribution in [3.63, 3.8) is 0 Å². The molecule has 0 spiro atoms. The maximum atomic E-state index is 10.7. The number of hydrogen-bond donors (Lipinski definition) is 1. The van der Waals surface area contributed by atoms with Crippen molar-refractivity contribution in [2.45, 2.75) is 6.04 Å². The van der Waals surface area contributed by atoms with E-state index in [1.54, 1.807) is 12.1 Å². The SMILES string of the molecule is O=Cc1ccc(N2CCOCC2CO)cc1Cl. The zero-order valence-corrected chi connectivity index (χ0v) is 10.1. The summed E-state index contributed by atoms with van der Waals surface area (Å²) in [6.45, 7) is 1.88. The average molecular weight is 256 g/mol. The highest BCUT2D eigenvalue weighted by Gasteiger charge is 2.22. The van der Waals surface area contributed by atoms with Crippen molar-refractivity contribution < 1.29 is 14.6 Å². The average Bonchev–Trinajstić information content (AvgIpc) is 2.38. The summed E-state index contributed by atoms with van der Waals surface area (Å²) in [4.78, 5) is 12.7. The summed E-state index contributed by atoms with van der Waals surface area (Å²) < 4.78 is 5.31. The second-order valence-electron chi connectivity index (χ2n) is 3.93. The largest absolute Gasteiger partial charge is 0.394 e. The van der Waals surface area contributed by atoms with Gasteiger partial charge in [0.1, 0.15) is 0 Å². The minimum atomic E-state index is -0.0538. The molecule has 0 amide bonds. The Kier molecular flexibility index (Phi) is 3.99.